The Hall–Kier alpha value is -1.40. The Morgan fingerprint density at radius 3 is 1.05 bits per heavy atom. The van der Waals surface area contributed by atoms with Gasteiger partial charge in [0.15, 0.2) is 0 Å². The SMILES string of the molecule is CCCCCCCCCCCCCCCC/C=C/C(O)C(CO)NC(=O)CCCCCCCCCCCCCCCCCCCOC(=O)CCCCCCCCCCCCCCCCC. The molecule has 2 atom stereocenters. The number of ether oxygens (including phenoxy) is 1. The molecule has 0 saturated carbocycles. The molecule has 0 bridgehead atoms. The molecule has 0 aromatic carbocycles. The van der Waals surface area contributed by atoms with Gasteiger partial charge in [-0.05, 0) is 32.1 Å². The van der Waals surface area contributed by atoms with E-state index in [-0.39, 0.29) is 18.5 Å². The van der Waals surface area contributed by atoms with Crippen molar-refractivity contribution in [2.24, 2.45) is 0 Å². The molecule has 0 aliphatic carbocycles. The van der Waals surface area contributed by atoms with Crippen LogP contribution in [0.3, 0.4) is 0 Å². The summed E-state index contributed by atoms with van der Waals surface area (Å²) in [6.07, 6.45) is 65.2. The predicted molar refractivity (Wildman–Crippen MR) is 283 cm³/mol. The van der Waals surface area contributed by atoms with Crippen LogP contribution in [0.2, 0.25) is 0 Å². The summed E-state index contributed by atoms with van der Waals surface area (Å²) in [6, 6.07) is -0.631. The van der Waals surface area contributed by atoms with Crippen molar-refractivity contribution in [3.05, 3.63) is 12.2 Å². The molecule has 0 rings (SSSR count). The first-order valence-corrected chi connectivity index (χ1v) is 29.5. The number of carbonyl (C=O) groups is 2. The normalized spacial score (nSPS) is 12.6. The average molecular weight is 919 g/mol. The van der Waals surface area contributed by atoms with Crippen molar-refractivity contribution < 1.29 is 24.5 Å². The quantitative estimate of drug-likeness (QED) is 0.0321. The standard InChI is InChI=1S/C59H115NO5/c1-3-5-7-9-11-13-15-17-19-24-27-31-35-39-43-47-51-57(62)56(55-61)60-58(63)52-48-44-40-36-32-28-25-21-20-22-26-30-34-38-42-46-50-54-65-59(64)53-49-45-41-37-33-29-23-18-16-14-12-10-8-6-4-2/h47,51,56-57,61-62H,3-46,48-50,52-55H2,1-2H3,(H,60,63)/b51-47+. The van der Waals surface area contributed by atoms with E-state index in [9.17, 15) is 19.8 Å². The van der Waals surface area contributed by atoms with Gasteiger partial charge in [0.1, 0.15) is 0 Å². The van der Waals surface area contributed by atoms with Gasteiger partial charge < -0.3 is 20.3 Å². The summed E-state index contributed by atoms with van der Waals surface area (Å²) in [6.45, 7) is 4.92. The minimum atomic E-state index is -0.847. The van der Waals surface area contributed by atoms with E-state index in [0.29, 0.717) is 19.4 Å². The van der Waals surface area contributed by atoms with E-state index in [4.69, 9.17) is 4.74 Å². The van der Waals surface area contributed by atoms with Crippen molar-refractivity contribution >= 4 is 11.9 Å². The average Bonchev–Trinajstić information content (AvgIpc) is 3.31. The summed E-state index contributed by atoms with van der Waals surface area (Å²) >= 11 is 0. The number of carbonyl (C=O) groups excluding carboxylic acids is 2. The molecule has 0 fully saturated rings. The largest absolute Gasteiger partial charge is 0.466 e. The molecule has 3 N–H and O–H groups in total. The zero-order valence-electron chi connectivity index (χ0n) is 44.0. The molecule has 0 aromatic rings. The Morgan fingerprint density at radius 2 is 0.708 bits per heavy atom. The van der Waals surface area contributed by atoms with Crippen molar-refractivity contribution in [3.63, 3.8) is 0 Å². The van der Waals surface area contributed by atoms with Gasteiger partial charge >= 0.3 is 5.97 Å². The zero-order chi connectivity index (χ0) is 47.2. The maximum absolute atomic E-state index is 12.5. The summed E-state index contributed by atoms with van der Waals surface area (Å²) in [7, 11) is 0. The lowest BCUT2D eigenvalue weighted by Gasteiger charge is -2.20. The summed E-state index contributed by atoms with van der Waals surface area (Å²) in [4.78, 5) is 24.5. The monoisotopic (exact) mass is 918 g/mol. The van der Waals surface area contributed by atoms with Crippen LogP contribution in [0.5, 0.6) is 0 Å². The molecule has 0 saturated heterocycles. The Balaban J connectivity index is 3.42. The van der Waals surface area contributed by atoms with Crippen molar-refractivity contribution in [2.45, 2.75) is 341 Å². The topological polar surface area (TPSA) is 95.9 Å². The van der Waals surface area contributed by atoms with E-state index >= 15 is 0 Å². The van der Waals surface area contributed by atoms with Gasteiger partial charge in [-0.2, -0.15) is 0 Å². The van der Waals surface area contributed by atoms with Crippen molar-refractivity contribution in [3.8, 4) is 0 Å². The van der Waals surface area contributed by atoms with Gasteiger partial charge in [0, 0.05) is 12.8 Å². The van der Waals surface area contributed by atoms with E-state index < -0.39 is 12.1 Å². The maximum Gasteiger partial charge on any atom is 0.305 e. The Bertz CT molecular complexity index is 970. The van der Waals surface area contributed by atoms with Crippen molar-refractivity contribution in [1.82, 2.24) is 5.32 Å². The number of rotatable bonds is 55. The van der Waals surface area contributed by atoms with Gasteiger partial charge in [-0.25, -0.2) is 0 Å². The fourth-order valence-corrected chi connectivity index (χ4v) is 9.28. The van der Waals surface area contributed by atoms with Crippen molar-refractivity contribution in [1.29, 1.82) is 0 Å². The molecule has 0 aliphatic heterocycles. The van der Waals surface area contributed by atoms with Crippen LogP contribution in [-0.4, -0.2) is 47.4 Å². The number of esters is 1. The van der Waals surface area contributed by atoms with Crippen LogP contribution >= 0.6 is 0 Å². The maximum atomic E-state index is 12.5. The van der Waals surface area contributed by atoms with Gasteiger partial charge in [-0.1, -0.05) is 296 Å². The number of unbranched alkanes of at least 4 members (excludes halogenated alkanes) is 44. The minimum Gasteiger partial charge on any atom is -0.466 e. The third-order valence-electron chi connectivity index (χ3n) is 13.8. The molecule has 6 nitrogen and oxygen atoms in total. The van der Waals surface area contributed by atoms with Crippen LogP contribution < -0.4 is 5.32 Å². The van der Waals surface area contributed by atoms with Gasteiger partial charge in [0.2, 0.25) is 5.91 Å². The molecule has 0 aliphatic rings. The summed E-state index contributed by atoms with van der Waals surface area (Å²) in [5.74, 6) is -0.0629. The van der Waals surface area contributed by atoms with Gasteiger partial charge in [0.05, 0.1) is 25.4 Å². The molecule has 6 heteroatoms. The van der Waals surface area contributed by atoms with E-state index in [1.54, 1.807) is 6.08 Å². The van der Waals surface area contributed by atoms with Crippen molar-refractivity contribution in [2.75, 3.05) is 13.2 Å². The summed E-state index contributed by atoms with van der Waals surface area (Å²) in [5.41, 5.74) is 0. The van der Waals surface area contributed by atoms with Gasteiger partial charge in [-0.15, -0.1) is 0 Å². The lowest BCUT2D eigenvalue weighted by Crippen LogP contribution is -2.45. The van der Waals surface area contributed by atoms with Gasteiger partial charge in [-0.3, -0.25) is 9.59 Å². The molecule has 0 radical (unpaired) electrons. The van der Waals surface area contributed by atoms with Crippen LogP contribution in [0.4, 0.5) is 0 Å². The molecule has 2 unspecified atom stereocenters. The van der Waals surface area contributed by atoms with E-state index in [1.165, 1.54) is 263 Å². The molecule has 1 amide bonds. The van der Waals surface area contributed by atoms with Crippen LogP contribution in [0.25, 0.3) is 0 Å². The highest BCUT2D eigenvalue weighted by Crippen LogP contribution is 2.17. The third-order valence-corrected chi connectivity index (χ3v) is 13.8. The molecule has 0 heterocycles. The number of amides is 1. The highest BCUT2D eigenvalue weighted by atomic mass is 16.5. The minimum absolute atomic E-state index is 0.00792. The predicted octanol–water partition coefficient (Wildman–Crippen LogP) is 18.1. The second-order valence-corrected chi connectivity index (χ2v) is 20.3. The van der Waals surface area contributed by atoms with E-state index in [0.717, 1.165) is 38.5 Å². The first-order valence-electron chi connectivity index (χ1n) is 29.5. The lowest BCUT2D eigenvalue weighted by atomic mass is 10.0. The summed E-state index contributed by atoms with van der Waals surface area (Å²) in [5, 5.41) is 23.1. The first kappa shape index (κ1) is 63.6. The fraction of sp³-hybridized carbons (Fsp3) is 0.932. The smallest absolute Gasteiger partial charge is 0.305 e. The molecule has 386 valence electrons. The molecule has 65 heavy (non-hydrogen) atoms. The highest BCUT2D eigenvalue weighted by molar-refractivity contribution is 5.76. The Kier molecular flexibility index (Phi) is 54.0. The second-order valence-electron chi connectivity index (χ2n) is 20.3. The van der Waals surface area contributed by atoms with Crippen LogP contribution in [0.15, 0.2) is 12.2 Å². The van der Waals surface area contributed by atoms with Crippen LogP contribution in [0, 0.1) is 0 Å². The zero-order valence-corrected chi connectivity index (χ0v) is 44.0. The number of aliphatic hydroxyl groups excluding tert-OH is 2. The number of nitrogens with one attached hydrogen (secondary N) is 1. The first-order chi connectivity index (χ1) is 32.0. The fourth-order valence-electron chi connectivity index (χ4n) is 9.28. The molecular formula is C59H115NO5. The molecule has 0 spiro atoms. The third kappa shape index (κ3) is 51.8. The second kappa shape index (κ2) is 55.2. The summed E-state index contributed by atoms with van der Waals surface area (Å²) < 4.78 is 5.48. The lowest BCUT2D eigenvalue weighted by molar-refractivity contribution is -0.143. The Morgan fingerprint density at radius 1 is 0.415 bits per heavy atom. The number of hydrogen-bond donors (Lipinski definition) is 3. The van der Waals surface area contributed by atoms with E-state index in [1.807, 2.05) is 6.08 Å². The van der Waals surface area contributed by atoms with Crippen LogP contribution in [-0.2, 0) is 14.3 Å². The molecular weight excluding hydrogens is 803 g/mol. The number of allylic oxidation sites excluding steroid dienone is 1. The number of hydrogen-bond acceptors (Lipinski definition) is 5. The number of aliphatic hydroxyl groups is 2. The van der Waals surface area contributed by atoms with E-state index in [2.05, 4.69) is 19.2 Å². The Labute approximate surface area is 406 Å². The van der Waals surface area contributed by atoms with Crippen LogP contribution in [0.1, 0.15) is 328 Å². The van der Waals surface area contributed by atoms with Gasteiger partial charge in [0.25, 0.3) is 0 Å². The highest BCUT2D eigenvalue weighted by Gasteiger charge is 2.18. The molecule has 0 aromatic heterocycles.